The maximum atomic E-state index is 10.9. The van der Waals surface area contributed by atoms with E-state index in [1.807, 2.05) is 6.92 Å². The van der Waals surface area contributed by atoms with E-state index in [1.165, 1.54) is 6.92 Å². The van der Waals surface area contributed by atoms with Gasteiger partial charge in [-0.05, 0) is 26.2 Å². The van der Waals surface area contributed by atoms with Crippen LogP contribution in [0.15, 0.2) is 0 Å². The normalized spacial score (nSPS) is 24.8. The first-order valence-electron chi connectivity index (χ1n) is 5.73. The molecule has 0 aliphatic carbocycles. The summed E-state index contributed by atoms with van der Waals surface area (Å²) in [5, 5.41) is 2.78. The van der Waals surface area contributed by atoms with Gasteiger partial charge in [-0.1, -0.05) is 0 Å². The third-order valence-electron chi connectivity index (χ3n) is 2.61. The Kier molecular flexibility index (Phi) is 6.09. The Morgan fingerprint density at radius 2 is 2.38 bits per heavy atom. The Morgan fingerprint density at radius 3 is 2.88 bits per heavy atom. The second-order valence-corrected chi connectivity index (χ2v) is 4.42. The number of rotatable bonds is 5. The van der Waals surface area contributed by atoms with Crippen molar-refractivity contribution in [2.75, 3.05) is 12.5 Å². The molecule has 0 spiro atoms. The number of halogens is 1. The zero-order valence-electron chi connectivity index (χ0n) is 9.87. The molecule has 94 valence electrons. The van der Waals surface area contributed by atoms with Crippen LogP contribution in [-0.4, -0.2) is 36.8 Å². The second kappa shape index (κ2) is 7.09. The summed E-state index contributed by atoms with van der Waals surface area (Å²) >= 11 is 5.83. The smallest absolute Gasteiger partial charge is 0.217 e. The average molecular weight is 250 g/mol. The predicted octanol–water partition coefficient (Wildman–Crippen LogP) is 1.66. The number of ether oxygens (including phenoxy) is 2. The molecule has 3 atom stereocenters. The van der Waals surface area contributed by atoms with Crippen LogP contribution in [0.3, 0.4) is 0 Å². The van der Waals surface area contributed by atoms with Crippen LogP contribution in [0, 0.1) is 0 Å². The van der Waals surface area contributed by atoms with Gasteiger partial charge in [0, 0.05) is 13.5 Å². The van der Waals surface area contributed by atoms with Crippen LogP contribution in [0.1, 0.15) is 33.1 Å². The lowest BCUT2D eigenvalue weighted by molar-refractivity contribution is -0.188. The highest BCUT2D eigenvalue weighted by Gasteiger charge is 2.23. The number of nitrogens with one attached hydrogen (secondary N) is 1. The zero-order valence-corrected chi connectivity index (χ0v) is 10.6. The molecule has 1 N–H and O–H groups in total. The summed E-state index contributed by atoms with van der Waals surface area (Å²) in [7, 11) is 0. The SMILES string of the molecule is CC(=O)NC(C)[C@@H](CCl)OC1CCCCO1. The molecule has 2 unspecified atom stereocenters. The van der Waals surface area contributed by atoms with Gasteiger partial charge in [-0.25, -0.2) is 0 Å². The molecule has 1 heterocycles. The Bertz CT molecular complexity index is 219. The maximum Gasteiger partial charge on any atom is 0.217 e. The van der Waals surface area contributed by atoms with Crippen molar-refractivity contribution in [1.29, 1.82) is 0 Å². The molecule has 0 saturated carbocycles. The fraction of sp³-hybridized carbons (Fsp3) is 0.909. The first-order chi connectivity index (χ1) is 7.63. The third kappa shape index (κ3) is 4.68. The first-order valence-corrected chi connectivity index (χ1v) is 6.27. The van der Waals surface area contributed by atoms with E-state index >= 15 is 0 Å². The minimum absolute atomic E-state index is 0.0734. The van der Waals surface area contributed by atoms with Gasteiger partial charge in [-0.3, -0.25) is 4.79 Å². The van der Waals surface area contributed by atoms with Gasteiger partial charge < -0.3 is 14.8 Å². The van der Waals surface area contributed by atoms with E-state index in [4.69, 9.17) is 21.1 Å². The van der Waals surface area contributed by atoms with Gasteiger partial charge in [0.15, 0.2) is 6.29 Å². The van der Waals surface area contributed by atoms with Crippen LogP contribution in [0.2, 0.25) is 0 Å². The minimum Gasteiger partial charge on any atom is -0.353 e. The Morgan fingerprint density at radius 1 is 1.62 bits per heavy atom. The molecule has 1 amide bonds. The second-order valence-electron chi connectivity index (χ2n) is 4.11. The van der Waals surface area contributed by atoms with E-state index in [9.17, 15) is 4.79 Å². The summed E-state index contributed by atoms with van der Waals surface area (Å²) in [4.78, 5) is 10.9. The quantitative estimate of drug-likeness (QED) is 0.754. The minimum atomic E-state index is -0.200. The molecule has 0 aromatic rings. The Hall–Kier alpha value is -0.320. The summed E-state index contributed by atoms with van der Waals surface area (Å²) in [6.07, 6.45) is 2.74. The number of carbonyl (C=O) groups is 1. The van der Waals surface area contributed by atoms with Crippen molar-refractivity contribution in [2.24, 2.45) is 0 Å². The van der Waals surface area contributed by atoms with Crippen molar-refractivity contribution in [3.63, 3.8) is 0 Å². The number of hydrogen-bond donors (Lipinski definition) is 1. The van der Waals surface area contributed by atoms with E-state index < -0.39 is 0 Å². The molecule has 4 nitrogen and oxygen atoms in total. The van der Waals surface area contributed by atoms with Gasteiger partial charge in [-0.15, -0.1) is 11.6 Å². The van der Waals surface area contributed by atoms with Crippen LogP contribution >= 0.6 is 11.6 Å². The molecular formula is C11H20ClNO3. The van der Waals surface area contributed by atoms with Crippen LogP contribution in [0.4, 0.5) is 0 Å². The summed E-state index contributed by atoms with van der Waals surface area (Å²) in [6, 6.07) is -0.0967. The highest BCUT2D eigenvalue weighted by atomic mass is 35.5. The van der Waals surface area contributed by atoms with Gasteiger partial charge in [0.25, 0.3) is 0 Å². The largest absolute Gasteiger partial charge is 0.353 e. The van der Waals surface area contributed by atoms with Crippen LogP contribution in [-0.2, 0) is 14.3 Å². The van der Waals surface area contributed by atoms with Gasteiger partial charge in [0.2, 0.25) is 5.91 Å². The molecular weight excluding hydrogens is 230 g/mol. The highest BCUT2D eigenvalue weighted by molar-refractivity contribution is 6.18. The molecule has 1 saturated heterocycles. The van der Waals surface area contributed by atoms with E-state index in [0.717, 1.165) is 25.9 Å². The van der Waals surface area contributed by atoms with Crippen LogP contribution in [0.5, 0.6) is 0 Å². The maximum absolute atomic E-state index is 10.9. The molecule has 1 fully saturated rings. The van der Waals surface area contributed by atoms with Crippen LogP contribution in [0.25, 0.3) is 0 Å². The Balaban J connectivity index is 2.37. The molecule has 0 bridgehead atoms. The summed E-state index contributed by atoms with van der Waals surface area (Å²) in [5.74, 6) is 0.275. The summed E-state index contributed by atoms with van der Waals surface area (Å²) in [5.41, 5.74) is 0. The number of alkyl halides is 1. The number of hydrogen-bond acceptors (Lipinski definition) is 3. The summed E-state index contributed by atoms with van der Waals surface area (Å²) < 4.78 is 11.2. The molecule has 1 aliphatic heterocycles. The lowest BCUT2D eigenvalue weighted by Gasteiger charge is -2.30. The molecule has 0 aromatic carbocycles. The molecule has 0 radical (unpaired) electrons. The van der Waals surface area contributed by atoms with Gasteiger partial charge in [0.1, 0.15) is 0 Å². The number of carbonyl (C=O) groups excluding carboxylic acids is 1. The average Bonchev–Trinajstić information content (AvgIpc) is 2.26. The monoisotopic (exact) mass is 249 g/mol. The first kappa shape index (κ1) is 13.7. The fourth-order valence-corrected chi connectivity index (χ4v) is 2.05. The molecule has 0 aromatic heterocycles. The van der Waals surface area contributed by atoms with Crippen molar-refractivity contribution in [1.82, 2.24) is 5.32 Å². The Labute approximate surface area is 102 Å². The van der Waals surface area contributed by atoms with E-state index in [1.54, 1.807) is 0 Å². The van der Waals surface area contributed by atoms with E-state index in [0.29, 0.717) is 5.88 Å². The fourth-order valence-electron chi connectivity index (χ4n) is 1.71. The van der Waals surface area contributed by atoms with E-state index in [2.05, 4.69) is 5.32 Å². The predicted molar refractivity (Wildman–Crippen MR) is 62.5 cm³/mol. The van der Waals surface area contributed by atoms with Gasteiger partial charge in [-0.2, -0.15) is 0 Å². The lowest BCUT2D eigenvalue weighted by Crippen LogP contribution is -2.44. The standard InChI is InChI=1S/C11H20ClNO3/c1-8(13-9(2)14)10(7-12)16-11-5-3-4-6-15-11/h8,10-11H,3-7H2,1-2H3,(H,13,14)/t8?,10-,11?/m1/s1. The van der Waals surface area contributed by atoms with Crippen molar-refractivity contribution >= 4 is 17.5 Å². The van der Waals surface area contributed by atoms with Crippen molar-refractivity contribution in [2.45, 2.75) is 51.5 Å². The lowest BCUT2D eigenvalue weighted by atomic mass is 10.2. The summed E-state index contributed by atoms with van der Waals surface area (Å²) in [6.45, 7) is 4.12. The topological polar surface area (TPSA) is 47.6 Å². The van der Waals surface area contributed by atoms with Crippen molar-refractivity contribution in [3.8, 4) is 0 Å². The molecule has 1 rings (SSSR count). The third-order valence-corrected chi connectivity index (χ3v) is 2.91. The van der Waals surface area contributed by atoms with Gasteiger partial charge >= 0.3 is 0 Å². The highest BCUT2D eigenvalue weighted by Crippen LogP contribution is 2.17. The van der Waals surface area contributed by atoms with E-state index in [-0.39, 0.29) is 24.3 Å². The number of amides is 1. The van der Waals surface area contributed by atoms with Crippen LogP contribution < -0.4 is 5.32 Å². The van der Waals surface area contributed by atoms with Gasteiger partial charge in [0.05, 0.1) is 18.0 Å². The molecule has 1 aliphatic rings. The molecule has 16 heavy (non-hydrogen) atoms. The van der Waals surface area contributed by atoms with Crippen molar-refractivity contribution in [3.05, 3.63) is 0 Å². The molecule has 5 heteroatoms. The van der Waals surface area contributed by atoms with Crippen molar-refractivity contribution < 1.29 is 14.3 Å². The zero-order chi connectivity index (χ0) is 12.0.